The van der Waals surface area contributed by atoms with Gasteiger partial charge in [0.05, 0.1) is 20.1 Å². The Morgan fingerprint density at radius 2 is 2.04 bits per heavy atom. The summed E-state index contributed by atoms with van der Waals surface area (Å²) in [6.07, 6.45) is 3.41. The molecule has 0 bridgehead atoms. The molecule has 0 fully saturated rings. The van der Waals surface area contributed by atoms with Crippen molar-refractivity contribution in [3.05, 3.63) is 79.9 Å². The molecule has 0 heterocycles. The van der Waals surface area contributed by atoms with E-state index in [-0.39, 0.29) is 5.69 Å². The Labute approximate surface area is 153 Å². The molecule has 0 unspecified atom stereocenters. The lowest BCUT2D eigenvalue weighted by molar-refractivity contribution is -0.384. The van der Waals surface area contributed by atoms with Gasteiger partial charge in [0.15, 0.2) is 0 Å². The van der Waals surface area contributed by atoms with Gasteiger partial charge in [-0.1, -0.05) is 18.7 Å². The molecule has 120 valence electrons. The summed E-state index contributed by atoms with van der Waals surface area (Å²) in [4.78, 5) is 10.2. The summed E-state index contributed by atoms with van der Waals surface area (Å²) in [5.74, 6) is 0.751. The number of nitrogens with zero attached hydrogens (tertiary/aromatic N) is 2. The van der Waals surface area contributed by atoms with Crippen molar-refractivity contribution in [2.75, 3.05) is 6.61 Å². The third-order valence-electron chi connectivity index (χ3n) is 3.13. The van der Waals surface area contributed by atoms with Gasteiger partial charge in [0.2, 0.25) is 0 Å². The third kappa shape index (κ3) is 4.43. The zero-order valence-corrected chi connectivity index (χ0v) is 14.8. The van der Waals surface area contributed by atoms with Crippen LogP contribution in [0.2, 0.25) is 0 Å². The zero-order chi connectivity index (χ0) is 17.5. The van der Waals surface area contributed by atoms with Gasteiger partial charge in [-0.3, -0.25) is 10.1 Å². The molecule has 2 aromatic carbocycles. The minimum absolute atomic E-state index is 0.00527. The Bertz CT molecular complexity index is 836. The molecular formula is C18H13IN2O3. The minimum atomic E-state index is -0.468. The van der Waals surface area contributed by atoms with E-state index >= 15 is 0 Å². The van der Waals surface area contributed by atoms with E-state index in [1.54, 1.807) is 24.3 Å². The standard InChI is InChI=1S/C18H13IN2O3/c1-2-9-24-18-8-3-13(11-17(18)19)10-15(12-20)14-4-6-16(7-5-14)21(22)23/h2-8,10-11H,1,9H2/b15-10-. The van der Waals surface area contributed by atoms with Crippen molar-refractivity contribution in [2.24, 2.45) is 0 Å². The Morgan fingerprint density at radius 1 is 1.33 bits per heavy atom. The number of hydrogen-bond donors (Lipinski definition) is 0. The Balaban J connectivity index is 2.30. The number of nitriles is 1. The van der Waals surface area contributed by atoms with Crippen LogP contribution in [0.3, 0.4) is 0 Å². The van der Waals surface area contributed by atoms with Crippen molar-refractivity contribution in [3.8, 4) is 11.8 Å². The summed E-state index contributed by atoms with van der Waals surface area (Å²) < 4.78 is 6.44. The van der Waals surface area contributed by atoms with Crippen molar-refractivity contribution in [1.29, 1.82) is 5.26 Å². The lowest BCUT2D eigenvalue weighted by Gasteiger charge is -2.07. The fourth-order valence-corrected chi connectivity index (χ4v) is 2.68. The normalized spacial score (nSPS) is 10.8. The summed E-state index contributed by atoms with van der Waals surface area (Å²) >= 11 is 2.16. The molecule has 0 aliphatic heterocycles. The van der Waals surface area contributed by atoms with Crippen LogP contribution >= 0.6 is 22.6 Å². The van der Waals surface area contributed by atoms with E-state index in [0.717, 1.165) is 14.9 Å². The van der Waals surface area contributed by atoms with Crippen LogP contribution in [0, 0.1) is 25.0 Å². The highest BCUT2D eigenvalue weighted by molar-refractivity contribution is 14.1. The molecule has 2 rings (SSSR count). The van der Waals surface area contributed by atoms with Crippen molar-refractivity contribution in [2.45, 2.75) is 0 Å². The minimum Gasteiger partial charge on any atom is -0.488 e. The molecule has 2 aromatic rings. The quantitative estimate of drug-likeness (QED) is 0.164. The Morgan fingerprint density at radius 3 is 2.58 bits per heavy atom. The molecule has 0 aromatic heterocycles. The van der Waals surface area contributed by atoms with E-state index in [9.17, 15) is 15.4 Å². The largest absolute Gasteiger partial charge is 0.488 e. The topological polar surface area (TPSA) is 76.2 Å². The van der Waals surface area contributed by atoms with Crippen LogP contribution < -0.4 is 4.74 Å². The van der Waals surface area contributed by atoms with E-state index in [1.807, 2.05) is 18.2 Å². The number of non-ortho nitro benzene ring substituents is 1. The summed E-state index contributed by atoms with van der Waals surface area (Å²) in [7, 11) is 0. The maximum Gasteiger partial charge on any atom is 0.269 e. The number of ether oxygens (including phenoxy) is 1. The lowest BCUT2D eigenvalue weighted by Crippen LogP contribution is -1.95. The highest BCUT2D eigenvalue weighted by atomic mass is 127. The van der Waals surface area contributed by atoms with Crippen LogP contribution in [-0.4, -0.2) is 11.5 Å². The van der Waals surface area contributed by atoms with Gasteiger partial charge < -0.3 is 4.74 Å². The molecular weight excluding hydrogens is 419 g/mol. The van der Waals surface area contributed by atoms with Gasteiger partial charge in [-0.05, 0) is 64.1 Å². The zero-order valence-electron chi connectivity index (χ0n) is 12.6. The lowest BCUT2D eigenvalue weighted by atomic mass is 10.0. The van der Waals surface area contributed by atoms with Gasteiger partial charge in [0.25, 0.3) is 5.69 Å². The average Bonchev–Trinajstić information content (AvgIpc) is 2.59. The molecule has 6 heteroatoms. The van der Waals surface area contributed by atoms with Crippen LogP contribution in [0.15, 0.2) is 55.1 Å². The summed E-state index contributed by atoms with van der Waals surface area (Å²) in [6.45, 7) is 4.04. The maximum atomic E-state index is 10.7. The number of benzene rings is 2. The van der Waals surface area contributed by atoms with Crippen LogP contribution in [-0.2, 0) is 0 Å². The van der Waals surface area contributed by atoms with Crippen molar-refractivity contribution < 1.29 is 9.66 Å². The van der Waals surface area contributed by atoms with E-state index in [4.69, 9.17) is 4.74 Å². The highest BCUT2D eigenvalue weighted by Gasteiger charge is 2.08. The molecule has 0 aliphatic rings. The van der Waals surface area contributed by atoms with Crippen molar-refractivity contribution in [1.82, 2.24) is 0 Å². The van der Waals surface area contributed by atoms with Gasteiger partial charge in [-0.25, -0.2) is 0 Å². The molecule has 0 amide bonds. The third-order valence-corrected chi connectivity index (χ3v) is 3.98. The monoisotopic (exact) mass is 432 g/mol. The fraction of sp³-hybridized carbons (Fsp3) is 0.0556. The molecule has 0 spiro atoms. The smallest absolute Gasteiger partial charge is 0.269 e. The van der Waals surface area contributed by atoms with E-state index in [2.05, 4.69) is 35.2 Å². The SMILES string of the molecule is C=CCOc1ccc(/C=C(/C#N)c2ccc([N+](=O)[O-])cc2)cc1I. The second-order valence-corrected chi connectivity index (χ2v) is 5.93. The summed E-state index contributed by atoms with van der Waals surface area (Å²) in [6, 6.07) is 13.6. The summed E-state index contributed by atoms with van der Waals surface area (Å²) in [5, 5.41) is 20.1. The van der Waals surface area contributed by atoms with Gasteiger partial charge in [-0.2, -0.15) is 5.26 Å². The van der Waals surface area contributed by atoms with Crippen molar-refractivity contribution >= 4 is 39.9 Å². The van der Waals surface area contributed by atoms with Gasteiger partial charge >= 0.3 is 0 Å². The number of hydrogen-bond acceptors (Lipinski definition) is 4. The maximum absolute atomic E-state index is 10.7. The van der Waals surface area contributed by atoms with E-state index in [0.29, 0.717) is 17.7 Å². The number of allylic oxidation sites excluding steroid dienone is 1. The van der Waals surface area contributed by atoms with Crippen LogP contribution in [0.25, 0.3) is 11.6 Å². The number of halogens is 1. The number of nitro benzene ring substituents is 1. The first-order valence-electron chi connectivity index (χ1n) is 6.95. The van der Waals surface area contributed by atoms with Crippen LogP contribution in [0.4, 0.5) is 5.69 Å². The predicted molar refractivity (Wildman–Crippen MR) is 101 cm³/mol. The molecule has 0 N–H and O–H groups in total. The molecule has 0 atom stereocenters. The first-order valence-corrected chi connectivity index (χ1v) is 8.03. The van der Waals surface area contributed by atoms with E-state index < -0.39 is 4.92 Å². The first-order chi connectivity index (χ1) is 11.5. The number of rotatable bonds is 6. The fourth-order valence-electron chi connectivity index (χ4n) is 1.98. The molecule has 0 saturated carbocycles. The Hall–Kier alpha value is -2.66. The van der Waals surface area contributed by atoms with Gasteiger partial charge in [0.1, 0.15) is 12.4 Å². The summed E-state index contributed by atoms with van der Waals surface area (Å²) in [5.41, 5.74) is 1.90. The highest BCUT2D eigenvalue weighted by Crippen LogP contribution is 2.25. The molecule has 0 saturated heterocycles. The molecule has 0 radical (unpaired) electrons. The molecule has 0 aliphatic carbocycles. The van der Waals surface area contributed by atoms with Gasteiger partial charge in [0, 0.05) is 12.1 Å². The number of nitro groups is 1. The van der Waals surface area contributed by atoms with Crippen molar-refractivity contribution in [3.63, 3.8) is 0 Å². The van der Waals surface area contributed by atoms with Gasteiger partial charge in [-0.15, -0.1) is 0 Å². The predicted octanol–water partition coefficient (Wildman–Crippen LogP) is 4.83. The van der Waals surface area contributed by atoms with Crippen LogP contribution in [0.1, 0.15) is 11.1 Å². The second-order valence-electron chi connectivity index (χ2n) is 4.76. The van der Waals surface area contributed by atoms with Crippen LogP contribution in [0.5, 0.6) is 5.75 Å². The average molecular weight is 432 g/mol. The Kier molecular flexibility index (Phi) is 6.09. The first kappa shape index (κ1) is 17.7. The molecule has 24 heavy (non-hydrogen) atoms. The molecule has 5 nitrogen and oxygen atoms in total. The van der Waals surface area contributed by atoms with E-state index in [1.165, 1.54) is 12.1 Å². The second kappa shape index (κ2) is 8.26.